The van der Waals surface area contributed by atoms with Crippen LogP contribution in [0.2, 0.25) is 0 Å². The second kappa shape index (κ2) is 6.94. The lowest BCUT2D eigenvalue weighted by atomic mass is 10.1. The molecule has 106 valence electrons. The van der Waals surface area contributed by atoms with Gasteiger partial charge in [0.25, 0.3) is 5.56 Å². The van der Waals surface area contributed by atoms with E-state index in [1.54, 1.807) is 19.3 Å². The summed E-state index contributed by atoms with van der Waals surface area (Å²) in [4.78, 5) is 23.2. The van der Waals surface area contributed by atoms with Crippen LogP contribution in [-0.2, 0) is 7.05 Å². The number of amides is 2. The molecule has 2 amide bonds. The number of carbonyl (C=O) groups excluding carboxylic acids is 1. The zero-order chi connectivity index (χ0) is 14.4. The Bertz CT molecular complexity index is 482. The summed E-state index contributed by atoms with van der Waals surface area (Å²) in [7, 11) is 1.61. The van der Waals surface area contributed by atoms with Gasteiger partial charge >= 0.3 is 6.03 Å². The Balaban J connectivity index is 2.48. The highest BCUT2D eigenvalue weighted by Gasteiger charge is 2.10. The second-order valence-electron chi connectivity index (χ2n) is 4.96. The molecule has 1 heterocycles. The third kappa shape index (κ3) is 5.13. The largest absolute Gasteiger partial charge is 0.391 e. The van der Waals surface area contributed by atoms with Crippen molar-refractivity contribution in [3.05, 3.63) is 28.7 Å². The number of carbonyl (C=O) groups is 1. The highest BCUT2D eigenvalue weighted by molar-refractivity contribution is 5.88. The number of urea groups is 1. The van der Waals surface area contributed by atoms with Gasteiger partial charge in [-0.15, -0.1) is 0 Å². The van der Waals surface area contributed by atoms with Crippen molar-refractivity contribution >= 4 is 11.7 Å². The van der Waals surface area contributed by atoms with Gasteiger partial charge in [-0.3, -0.25) is 4.79 Å². The van der Waals surface area contributed by atoms with E-state index < -0.39 is 12.1 Å². The van der Waals surface area contributed by atoms with Crippen LogP contribution in [0.4, 0.5) is 10.5 Å². The minimum atomic E-state index is -0.579. The van der Waals surface area contributed by atoms with Crippen molar-refractivity contribution in [2.24, 2.45) is 13.0 Å². The Morgan fingerprint density at radius 1 is 1.47 bits per heavy atom. The van der Waals surface area contributed by atoms with Crippen molar-refractivity contribution in [3.8, 4) is 0 Å². The topological polar surface area (TPSA) is 83.4 Å². The SMILES string of the molecule is CC(C)CC(O)CNC(=O)Nc1cccn(C)c1=O. The summed E-state index contributed by atoms with van der Waals surface area (Å²) in [6, 6.07) is 2.71. The van der Waals surface area contributed by atoms with E-state index in [1.165, 1.54) is 10.6 Å². The number of nitrogens with one attached hydrogen (secondary N) is 2. The molecular formula is C13H21N3O3. The van der Waals surface area contributed by atoms with E-state index in [0.717, 1.165) is 0 Å². The molecule has 0 aliphatic rings. The summed E-state index contributed by atoms with van der Waals surface area (Å²) >= 11 is 0. The molecule has 0 saturated carbocycles. The number of aliphatic hydroxyl groups excluding tert-OH is 1. The average molecular weight is 267 g/mol. The zero-order valence-corrected chi connectivity index (χ0v) is 11.5. The molecule has 1 aromatic rings. The standard InChI is InChI=1S/C13H21N3O3/c1-9(2)7-10(17)8-14-13(19)15-11-5-4-6-16(3)12(11)18/h4-6,9-10,17H,7-8H2,1-3H3,(H2,14,15,19). The Morgan fingerprint density at radius 2 is 2.16 bits per heavy atom. The first-order valence-corrected chi connectivity index (χ1v) is 6.28. The summed E-state index contributed by atoms with van der Waals surface area (Å²) in [5, 5.41) is 14.6. The van der Waals surface area contributed by atoms with E-state index in [2.05, 4.69) is 10.6 Å². The van der Waals surface area contributed by atoms with Crippen LogP contribution in [0.1, 0.15) is 20.3 Å². The number of pyridine rings is 1. The summed E-state index contributed by atoms with van der Waals surface area (Å²) in [5.41, 5.74) is -0.0683. The van der Waals surface area contributed by atoms with Gasteiger partial charge in [0, 0.05) is 19.8 Å². The van der Waals surface area contributed by atoms with Crippen molar-refractivity contribution in [2.45, 2.75) is 26.4 Å². The number of nitrogens with zero attached hydrogens (tertiary/aromatic N) is 1. The zero-order valence-electron chi connectivity index (χ0n) is 11.5. The first kappa shape index (κ1) is 15.2. The normalized spacial score (nSPS) is 12.3. The summed E-state index contributed by atoms with van der Waals surface area (Å²) < 4.78 is 1.38. The molecule has 0 aliphatic heterocycles. The van der Waals surface area contributed by atoms with Crippen LogP contribution in [0.25, 0.3) is 0 Å². The van der Waals surface area contributed by atoms with Gasteiger partial charge in [0.1, 0.15) is 5.69 Å². The van der Waals surface area contributed by atoms with Crippen molar-refractivity contribution in [3.63, 3.8) is 0 Å². The Labute approximate surface area is 112 Å². The van der Waals surface area contributed by atoms with Crippen LogP contribution in [-0.4, -0.2) is 28.4 Å². The van der Waals surface area contributed by atoms with Gasteiger partial charge in [0.15, 0.2) is 0 Å². The average Bonchev–Trinajstić information content (AvgIpc) is 2.32. The molecular weight excluding hydrogens is 246 g/mol. The van der Waals surface area contributed by atoms with Crippen LogP contribution in [0.15, 0.2) is 23.1 Å². The van der Waals surface area contributed by atoms with Crippen molar-refractivity contribution in [1.82, 2.24) is 9.88 Å². The first-order valence-electron chi connectivity index (χ1n) is 6.28. The highest BCUT2D eigenvalue weighted by Crippen LogP contribution is 2.03. The minimum absolute atomic E-state index is 0.164. The third-order valence-corrected chi connectivity index (χ3v) is 2.61. The quantitative estimate of drug-likeness (QED) is 0.741. The van der Waals surface area contributed by atoms with Gasteiger partial charge in [-0.05, 0) is 24.5 Å². The van der Waals surface area contributed by atoms with E-state index in [9.17, 15) is 14.7 Å². The molecule has 6 nitrogen and oxygen atoms in total. The van der Waals surface area contributed by atoms with E-state index in [4.69, 9.17) is 0 Å². The van der Waals surface area contributed by atoms with Gasteiger partial charge in [0.05, 0.1) is 6.10 Å². The first-order chi connectivity index (χ1) is 8.90. The maximum Gasteiger partial charge on any atom is 0.319 e. The highest BCUT2D eigenvalue weighted by atomic mass is 16.3. The molecule has 0 radical (unpaired) electrons. The summed E-state index contributed by atoms with van der Waals surface area (Å²) in [6.45, 7) is 4.16. The molecule has 19 heavy (non-hydrogen) atoms. The number of aliphatic hydroxyl groups is 1. The molecule has 0 saturated heterocycles. The molecule has 6 heteroatoms. The van der Waals surface area contributed by atoms with Crippen LogP contribution in [0.5, 0.6) is 0 Å². The molecule has 0 bridgehead atoms. The van der Waals surface area contributed by atoms with Gasteiger partial charge in [-0.2, -0.15) is 0 Å². The summed E-state index contributed by atoms with van der Waals surface area (Å²) in [5.74, 6) is 0.362. The Kier molecular flexibility index (Phi) is 5.57. The lowest BCUT2D eigenvalue weighted by Crippen LogP contribution is -2.37. The fraction of sp³-hybridized carbons (Fsp3) is 0.538. The minimum Gasteiger partial charge on any atom is -0.391 e. The van der Waals surface area contributed by atoms with Crippen molar-refractivity contribution < 1.29 is 9.90 Å². The fourth-order valence-corrected chi connectivity index (χ4v) is 1.70. The van der Waals surface area contributed by atoms with E-state index in [1.807, 2.05) is 13.8 Å². The third-order valence-electron chi connectivity index (χ3n) is 2.61. The molecule has 0 fully saturated rings. The monoisotopic (exact) mass is 267 g/mol. The van der Waals surface area contributed by atoms with Crippen LogP contribution < -0.4 is 16.2 Å². The molecule has 1 rings (SSSR count). The second-order valence-corrected chi connectivity index (χ2v) is 4.96. The van der Waals surface area contributed by atoms with Crippen LogP contribution in [0.3, 0.4) is 0 Å². The number of hydrogen-bond donors (Lipinski definition) is 3. The number of anilines is 1. The number of rotatable bonds is 5. The van der Waals surface area contributed by atoms with E-state index >= 15 is 0 Å². The molecule has 0 spiro atoms. The van der Waals surface area contributed by atoms with E-state index in [-0.39, 0.29) is 17.8 Å². The molecule has 1 atom stereocenters. The Morgan fingerprint density at radius 3 is 2.79 bits per heavy atom. The van der Waals surface area contributed by atoms with Gasteiger partial charge < -0.3 is 20.3 Å². The van der Waals surface area contributed by atoms with Gasteiger partial charge in [0.2, 0.25) is 0 Å². The number of hydrogen-bond acceptors (Lipinski definition) is 3. The predicted octanol–water partition coefficient (Wildman–Crippen LogP) is 0.914. The van der Waals surface area contributed by atoms with Crippen LogP contribution in [0, 0.1) is 5.92 Å². The molecule has 3 N–H and O–H groups in total. The van der Waals surface area contributed by atoms with Gasteiger partial charge in [-0.1, -0.05) is 13.8 Å². The Hall–Kier alpha value is -1.82. The predicted molar refractivity (Wildman–Crippen MR) is 74.2 cm³/mol. The number of aromatic nitrogens is 1. The molecule has 1 unspecified atom stereocenters. The van der Waals surface area contributed by atoms with Crippen molar-refractivity contribution in [2.75, 3.05) is 11.9 Å². The molecule has 0 aliphatic carbocycles. The molecule has 0 aromatic carbocycles. The van der Waals surface area contributed by atoms with Gasteiger partial charge in [-0.25, -0.2) is 4.79 Å². The van der Waals surface area contributed by atoms with E-state index in [0.29, 0.717) is 12.3 Å². The lowest BCUT2D eigenvalue weighted by molar-refractivity contribution is 0.148. The summed E-state index contributed by atoms with van der Waals surface area (Å²) in [6.07, 6.45) is 1.65. The number of aryl methyl sites for hydroxylation is 1. The maximum atomic E-state index is 11.7. The molecule has 1 aromatic heterocycles. The smallest absolute Gasteiger partial charge is 0.319 e. The van der Waals surface area contributed by atoms with Crippen LogP contribution >= 0.6 is 0 Å². The lowest BCUT2D eigenvalue weighted by Gasteiger charge is -2.14. The maximum absolute atomic E-state index is 11.7. The van der Waals surface area contributed by atoms with Crippen molar-refractivity contribution in [1.29, 1.82) is 0 Å². The fourth-order valence-electron chi connectivity index (χ4n) is 1.70.